The summed E-state index contributed by atoms with van der Waals surface area (Å²) in [5.41, 5.74) is 0.0248. The summed E-state index contributed by atoms with van der Waals surface area (Å²) in [4.78, 5) is 21.7. The van der Waals surface area contributed by atoms with Crippen molar-refractivity contribution in [2.24, 2.45) is 0 Å². The van der Waals surface area contributed by atoms with Crippen molar-refractivity contribution in [1.29, 1.82) is 0 Å². The molecule has 0 aliphatic rings. The Morgan fingerprint density at radius 3 is 2.52 bits per heavy atom. The molecule has 0 saturated heterocycles. The number of aliphatic carboxylic acids is 1. The number of ether oxygens (including phenoxy) is 1. The molecule has 2 unspecified atom stereocenters. The first-order valence-corrected chi connectivity index (χ1v) is 6.37. The van der Waals surface area contributed by atoms with Gasteiger partial charge in [0.1, 0.15) is 11.9 Å². The quantitative estimate of drug-likeness (QED) is 0.643. The molecule has 116 valence electrons. The summed E-state index contributed by atoms with van der Waals surface area (Å²) in [6, 6.07) is 3.47. The molecule has 0 aromatic heterocycles. The number of carbonyl (C=O) groups is 2. The second kappa shape index (κ2) is 7.70. The number of hydrogen-bond acceptors (Lipinski definition) is 5. The second-order valence-electron chi connectivity index (χ2n) is 4.44. The monoisotopic (exact) mass is 300 g/mol. The molecule has 21 heavy (non-hydrogen) atoms. The third-order valence-corrected chi connectivity index (χ3v) is 2.81. The number of halogens is 1. The zero-order valence-corrected chi connectivity index (χ0v) is 11.5. The van der Waals surface area contributed by atoms with Crippen LogP contribution in [0.15, 0.2) is 18.2 Å². The van der Waals surface area contributed by atoms with Gasteiger partial charge in [0.25, 0.3) is 0 Å². The first kappa shape index (κ1) is 17.1. The standard InChI is InChI=1S/C14H17FO6/c1-2-21-13(19)7-11(16)14(20)9-4-3-8(6-12(17)18)10(15)5-9/h3-5,11,14,16,20H,2,6-7H2,1H3,(H,17,18). The molecule has 2 atom stereocenters. The summed E-state index contributed by atoms with van der Waals surface area (Å²) in [7, 11) is 0. The van der Waals surface area contributed by atoms with Gasteiger partial charge in [0.05, 0.1) is 25.6 Å². The Hall–Kier alpha value is -1.99. The van der Waals surface area contributed by atoms with Crippen LogP contribution in [0.2, 0.25) is 0 Å². The van der Waals surface area contributed by atoms with Crippen LogP contribution in [0.25, 0.3) is 0 Å². The highest BCUT2D eigenvalue weighted by molar-refractivity contribution is 5.70. The van der Waals surface area contributed by atoms with Crippen LogP contribution in [0.4, 0.5) is 4.39 Å². The SMILES string of the molecule is CCOC(=O)CC(O)C(O)c1ccc(CC(=O)O)c(F)c1. The molecule has 0 heterocycles. The highest BCUT2D eigenvalue weighted by atomic mass is 19.1. The predicted octanol–water partition coefficient (Wildman–Crippen LogP) is 0.800. The highest BCUT2D eigenvalue weighted by Crippen LogP contribution is 2.22. The van der Waals surface area contributed by atoms with E-state index in [9.17, 15) is 24.2 Å². The fourth-order valence-corrected chi connectivity index (χ4v) is 1.78. The van der Waals surface area contributed by atoms with E-state index in [2.05, 4.69) is 4.74 Å². The second-order valence-corrected chi connectivity index (χ2v) is 4.44. The van der Waals surface area contributed by atoms with Gasteiger partial charge >= 0.3 is 11.9 Å². The lowest BCUT2D eigenvalue weighted by molar-refractivity contribution is -0.147. The summed E-state index contributed by atoms with van der Waals surface area (Å²) in [5, 5.41) is 28.2. The Morgan fingerprint density at radius 2 is 2.00 bits per heavy atom. The van der Waals surface area contributed by atoms with Gasteiger partial charge < -0.3 is 20.1 Å². The lowest BCUT2D eigenvalue weighted by Gasteiger charge is -2.18. The summed E-state index contributed by atoms with van der Waals surface area (Å²) >= 11 is 0. The maximum absolute atomic E-state index is 13.7. The minimum atomic E-state index is -1.47. The largest absolute Gasteiger partial charge is 0.481 e. The van der Waals surface area contributed by atoms with E-state index in [1.54, 1.807) is 6.92 Å². The molecule has 0 fully saturated rings. The molecule has 1 aromatic rings. The molecule has 6 nitrogen and oxygen atoms in total. The zero-order chi connectivity index (χ0) is 16.0. The van der Waals surface area contributed by atoms with Crippen molar-refractivity contribution in [3.8, 4) is 0 Å². The maximum atomic E-state index is 13.7. The van der Waals surface area contributed by atoms with Gasteiger partial charge in [-0.3, -0.25) is 9.59 Å². The van der Waals surface area contributed by atoms with Crippen LogP contribution in [0, 0.1) is 5.82 Å². The molecule has 0 amide bonds. The third-order valence-electron chi connectivity index (χ3n) is 2.81. The number of benzene rings is 1. The molecular formula is C14H17FO6. The molecule has 0 bridgehead atoms. The molecule has 3 N–H and O–H groups in total. The number of aliphatic hydroxyl groups excluding tert-OH is 2. The maximum Gasteiger partial charge on any atom is 0.308 e. The smallest absolute Gasteiger partial charge is 0.308 e. The number of hydrogen-bond donors (Lipinski definition) is 3. The number of carboxylic acid groups (broad SMARTS) is 1. The average molecular weight is 300 g/mol. The van der Waals surface area contributed by atoms with Gasteiger partial charge in [-0.2, -0.15) is 0 Å². The number of rotatable bonds is 7. The number of aliphatic hydroxyl groups is 2. The minimum absolute atomic E-state index is 0.0293. The molecule has 0 aliphatic heterocycles. The zero-order valence-electron chi connectivity index (χ0n) is 11.5. The van der Waals surface area contributed by atoms with Gasteiger partial charge in [-0.1, -0.05) is 12.1 Å². The minimum Gasteiger partial charge on any atom is -0.481 e. The van der Waals surface area contributed by atoms with Crippen LogP contribution in [0.1, 0.15) is 30.6 Å². The Balaban J connectivity index is 2.78. The van der Waals surface area contributed by atoms with Crippen LogP contribution in [0.5, 0.6) is 0 Å². The molecule has 0 spiro atoms. The van der Waals surface area contributed by atoms with Crippen LogP contribution < -0.4 is 0 Å². The number of carbonyl (C=O) groups excluding carboxylic acids is 1. The first-order chi connectivity index (χ1) is 9.85. The van der Waals surface area contributed by atoms with Crippen LogP contribution in [0.3, 0.4) is 0 Å². The fourth-order valence-electron chi connectivity index (χ4n) is 1.78. The lowest BCUT2D eigenvalue weighted by atomic mass is 9.99. The molecule has 1 aromatic carbocycles. The topological polar surface area (TPSA) is 104 Å². The van der Waals surface area contributed by atoms with Gasteiger partial charge in [0.15, 0.2) is 0 Å². The van der Waals surface area contributed by atoms with Crippen molar-refractivity contribution in [1.82, 2.24) is 0 Å². The van der Waals surface area contributed by atoms with E-state index in [0.717, 1.165) is 6.07 Å². The van der Waals surface area contributed by atoms with Gasteiger partial charge in [-0.15, -0.1) is 0 Å². The van der Waals surface area contributed by atoms with Crippen molar-refractivity contribution < 1.29 is 34.0 Å². The van der Waals surface area contributed by atoms with Crippen LogP contribution in [-0.2, 0) is 20.7 Å². The molecule has 0 saturated carbocycles. The lowest BCUT2D eigenvalue weighted by Crippen LogP contribution is -2.23. The van der Waals surface area contributed by atoms with Crippen LogP contribution in [-0.4, -0.2) is 40.0 Å². The van der Waals surface area contributed by atoms with E-state index in [0.29, 0.717) is 0 Å². The van der Waals surface area contributed by atoms with Crippen LogP contribution >= 0.6 is 0 Å². The first-order valence-electron chi connectivity index (χ1n) is 6.37. The van der Waals surface area contributed by atoms with Crippen molar-refractivity contribution in [3.63, 3.8) is 0 Å². The Bertz CT molecular complexity index is 516. The van der Waals surface area contributed by atoms with Crippen molar-refractivity contribution in [2.45, 2.75) is 32.0 Å². The summed E-state index contributed by atoms with van der Waals surface area (Å²) in [5.74, 6) is -2.64. The fraction of sp³-hybridized carbons (Fsp3) is 0.429. The van der Waals surface area contributed by atoms with Crippen molar-refractivity contribution in [2.75, 3.05) is 6.61 Å². The summed E-state index contributed by atoms with van der Waals surface area (Å²) in [6.45, 7) is 1.76. The molecule has 0 radical (unpaired) electrons. The molecular weight excluding hydrogens is 283 g/mol. The highest BCUT2D eigenvalue weighted by Gasteiger charge is 2.23. The molecule has 1 rings (SSSR count). The van der Waals surface area contributed by atoms with Gasteiger partial charge in [0.2, 0.25) is 0 Å². The van der Waals surface area contributed by atoms with Gasteiger partial charge in [0, 0.05) is 0 Å². The van der Waals surface area contributed by atoms with E-state index in [-0.39, 0.29) is 17.7 Å². The van der Waals surface area contributed by atoms with E-state index in [4.69, 9.17) is 5.11 Å². The van der Waals surface area contributed by atoms with Gasteiger partial charge in [-0.25, -0.2) is 4.39 Å². The van der Waals surface area contributed by atoms with E-state index in [1.807, 2.05) is 0 Å². The van der Waals surface area contributed by atoms with Crippen molar-refractivity contribution in [3.05, 3.63) is 35.1 Å². The normalized spacial score (nSPS) is 13.5. The molecule has 0 aliphatic carbocycles. The van der Waals surface area contributed by atoms with E-state index >= 15 is 0 Å². The van der Waals surface area contributed by atoms with E-state index in [1.165, 1.54) is 12.1 Å². The Kier molecular flexibility index (Phi) is 6.26. The average Bonchev–Trinajstić information content (AvgIpc) is 2.40. The Labute approximate surface area is 120 Å². The molecule has 7 heteroatoms. The predicted molar refractivity (Wildman–Crippen MR) is 70.0 cm³/mol. The van der Waals surface area contributed by atoms with Gasteiger partial charge in [-0.05, 0) is 24.1 Å². The Morgan fingerprint density at radius 1 is 1.33 bits per heavy atom. The van der Waals surface area contributed by atoms with E-state index < -0.39 is 42.8 Å². The summed E-state index contributed by atoms with van der Waals surface area (Å²) in [6.07, 6.45) is -3.81. The number of carboxylic acids is 1. The van der Waals surface area contributed by atoms with Crippen molar-refractivity contribution >= 4 is 11.9 Å². The summed E-state index contributed by atoms with van der Waals surface area (Å²) < 4.78 is 18.3. The number of esters is 1. The third kappa shape index (κ3) is 5.13.